The maximum atomic E-state index is 12.6. The lowest BCUT2D eigenvalue weighted by molar-refractivity contribution is -0.161. The molecule has 0 radical (unpaired) electrons. The molecule has 0 bridgehead atoms. The number of phosphoric acid groups is 1. The summed E-state index contributed by atoms with van der Waals surface area (Å²) in [4.78, 5) is 34.8. The van der Waals surface area contributed by atoms with Crippen LogP contribution >= 0.6 is 7.82 Å². The van der Waals surface area contributed by atoms with Gasteiger partial charge in [-0.3, -0.25) is 18.6 Å². The normalized spacial score (nSPS) is 13.3. The monoisotopic (exact) mass is 748 g/mol. The molecule has 0 fully saturated rings. The fourth-order valence-corrected chi connectivity index (χ4v) is 7.05. The van der Waals surface area contributed by atoms with Crippen molar-refractivity contribution in [3.8, 4) is 0 Å². The molecule has 0 saturated carbocycles. The van der Waals surface area contributed by atoms with Crippen LogP contribution in [0.4, 0.5) is 0 Å². The van der Waals surface area contributed by atoms with E-state index in [2.05, 4.69) is 13.8 Å². The van der Waals surface area contributed by atoms with E-state index in [1.54, 1.807) is 0 Å². The minimum absolute atomic E-state index is 0.0580. The molecule has 0 aliphatic carbocycles. The maximum Gasteiger partial charge on any atom is 0.472 e. The molecule has 9 nitrogen and oxygen atoms in total. The summed E-state index contributed by atoms with van der Waals surface area (Å²) in [6.45, 7) is 3.77. The molecule has 0 saturated heterocycles. The molecule has 0 aromatic heterocycles. The molecule has 0 amide bonds. The topological polar surface area (TPSA) is 134 Å². The fraction of sp³-hybridized carbons (Fsp3) is 0.951. The Morgan fingerprint density at radius 1 is 0.510 bits per heavy atom. The van der Waals surface area contributed by atoms with E-state index in [-0.39, 0.29) is 38.6 Å². The van der Waals surface area contributed by atoms with Gasteiger partial charge in [-0.05, 0) is 12.8 Å². The summed E-state index contributed by atoms with van der Waals surface area (Å²) in [6, 6.07) is 0. The Morgan fingerprint density at radius 2 is 0.843 bits per heavy atom. The van der Waals surface area contributed by atoms with Gasteiger partial charge in [-0.15, -0.1) is 0 Å². The molecule has 0 spiro atoms. The second-order valence-electron chi connectivity index (χ2n) is 14.6. The average Bonchev–Trinajstić information content (AvgIpc) is 3.11. The van der Waals surface area contributed by atoms with E-state index in [1.165, 1.54) is 154 Å². The highest BCUT2D eigenvalue weighted by molar-refractivity contribution is 7.47. The molecule has 0 rings (SSSR count). The zero-order valence-electron chi connectivity index (χ0n) is 33.4. The van der Waals surface area contributed by atoms with Gasteiger partial charge in [0.25, 0.3) is 0 Å². The van der Waals surface area contributed by atoms with Crippen molar-refractivity contribution in [3.05, 3.63) is 0 Å². The molecule has 51 heavy (non-hydrogen) atoms. The SMILES string of the molecule is CCCCCCCCCCCCCCCCCC(=O)OCC(COP(=O)(O)OCCN)OC(=O)CCCCCCCCCCCCCCCCC. The highest BCUT2D eigenvalue weighted by Crippen LogP contribution is 2.43. The number of carbonyl (C=O) groups excluding carboxylic acids is 2. The van der Waals surface area contributed by atoms with Gasteiger partial charge in [-0.2, -0.15) is 0 Å². The number of esters is 2. The van der Waals surface area contributed by atoms with Gasteiger partial charge in [0, 0.05) is 19.4 Å². The molecular formula is C41H82NO8P. The third-order valence-electron chi connectivity index (χ3n) is 9.49. The van der Waals surface area contributed by atoms with Crippen molar-refractivity contribution in [3.63, 3.8) is 0 Å². The van der Waals surface area contributed by atoms with E-state index >= 15 is 0 Å². The van der Waals surface area contributed by atoms with E-state index in [0.717, 1.165) is 32.1 Å². The Kier molecular flexibility index (Phi) is 38.0. The van der Waals surface area contributed by atoms with Crippen LogP contribution in [0, 0.1) is 0 Å². The molecule has 10 heteroatoms. The predicted molar refractivity (Wildman–Crippen MR) is 211 cm³/mol. The van der Waals surface area contributed by atoms with Crippen molar-refractivity contribution >= 4 is 19.8 Å². The third-order valence-corrected chi connectivity index (χ3v) is 10.5. The molecule has 0 aliphatic heterocycles. The van der Waals surface area contributed by atoms with Crippen LogP contribution in [0.1, 0.15) is 219 Å². The van der Waals surface area contributed by atoms with Gasteiger partial charge in [0.05, 0.1) is 13.2 Å². The van der Waals surface area contributed by atoms with E-state index < -0.39 is 26.5 Å². The van der Waals surface area contributed by atoms with Gasteiger partial charge < -0.3 is 20.1 Å². The molecule has 2 unspecified atom stereocenters. The number of hydrogen-bond acceptors (Lipinski definition) is 8. The Labute approximate surface area is 314 Å². The zero-order chi connectivity index (χ0) is 37.5. The van der Waals surface area contributed by atoms with Crippen LogP contribution in [0.25, 0.3) is 0 Å². The Balaban J connectivity index is 4.11. The van der Waals surface area contributed by atoms with Crippen LogP contribution in [-0.2, 0) is 32.7 Å². The second kappa shape index (κ2) is 38.7. The molecule has 2 atom stereocenters. The molecular weight excluding hydrogens is 665 g/mol. The predicted octanol–water partition coefficient (Wildman–Crippen LogP) is 12.1. The van der Waals surface area contributed by atoms with E-state index in [1.807, 2.05) is 0 Å². The zero-order valence-corrected chi connectivity index (χ0v) is 34.3. The van der Waals surface area contributed by atoms with E-state index in [0.29, 0.717) is 6.42 Å². The van der Waals surface area contributed by atoms with Gasteiger partial charge in [0.2, 0.25) is 0 Å². The van der Waals surface area contributed by atoms with E-state index in [9.17, 15) is 19.0 Å². The molecule has 0 aliphatic rings. The standard InChI is InChI=1S/C41H82NO8P/c1-3-5-7-9-11-13-15-17-19-21-23-25-27-29-31-33-40(43)47-37-39(38-49-51(45,46)48-36-35-42)50-41(44)34-32-30-28-26-24-22-20-18-16-14-12-10-8-6-4-2/h39H,3-38,42H2,1-2H3,(H,45,46). The highest BCUT2D eigenvalue weighted by atomic mass is 31.2. The van der Waals surface area contributed by atoms with Crippen LogP contribution in [-0.4, -0.2) is 49.3 Å². The fourth-order valence-electron chi connectivity index (χ4n) is 6.28. The highest BCUT2D eigenvalue weighted by Gasteiger charge is 2.26. The first kappa shape index (κ1) is 50.0. The lowest BCUT2D eigenvalue weighted by atomic mass is 10.0. The Bertz CT molecular complexity index is 815. The summed E-state index contributed by atoms with van der Waals surface area (Å²) < 4.78 is 32.8. The van der Waals surface area contributed by atoms with Crippen molar-refractivity contribution in [2.75, 3.05) is 26.4 Å². The van der Waals surface area contributed by atoms with Gasteiger partial charge in [-0.1, -0.05) is 194 Å². The third kappa shape index (κ3) is 38.5. The van der Waals surface area contributed by atoms with Crippen LogP contribution in [0.3, 0.4) is 0 Å². The molecule has 0 aromatic carbocycles. The minimum Gasteiger partial charge on any atom is -0.462 e. The summed E-state index contributed by atoms with van der Waals surface area (Å²) in [6.07, 6.45) is 37.0. The average molecular weight is 748 g/mol. The van der Waals surface area contributed by atoms with Crippen LogP contribution in [0.15, 0.2) is 0 Å². The number of phosphoric ester groups is 1. The van der Waals surface area contributed by atoms with Gasteiger partial charge in [0.15, 0.2) is 6.10 Å². The maximum absolute atomic E-state index is 12.6. The lowest BCUT2D eigenvalue weighted by Gasteiger charge is -2.19. The minimum atomic E-state index is -4.37. The van der Waals surface area contributed by atoms with Gasteiger partial charge in [-0.25, -0.2) is 4.57 Å². The van der Waals surface area contributed by atoms with Crippen molar-refractivity contribution in [1.82, 2.24) is 0 Å². The lowest BCUT2D eigenvalue weighted by Crippen LogP contribution is -2.29. The van der Waals surface area contributed by atoms with Crippen molar-refractivity contribution < 1.29 is 37.6 Å². The van der Waals surface area contributed by atoms with Crippen molar-refractivity contribution in [2.45, 2.75) is 225 Å². The summed E-state index contributed by atoms with van der Waals surface area (Å²) in [5.41, 5.74) is 5.34. The first-order chi connectivity index (χ1) is 24.8. The summed E-state index contributed by atoms with van der Waals surface area (Å²) in [5.74, 6) is -0.813. The largest absolute Gasteiger partial charge is 0.472 e. The number of hydrogen-bond donors (Lipinski definition) is 2. The molecule has 0 aromatic rings. The number of rotatable bonds is 41. The van der Waals surface area contributed by atoms with Crippen molar-refractivity contribution in [1.29, 1.82) is 0 Å². The van der Waals surface area contributed by atoms with Crippen LogP contribution < -0.4 is 5.73 Å². The summed E-state index contributed by atoms with van der Waals surface area (Å²) in [5, 5.41) is 0. The number of ether oxygens (including phenoxy) is 2. The first-order valence-corrected chi connectivity index (χ1v) is 23.0. The van der Waals surface area contributed by atoms with Crippen LogP contribution in [0.5, 0.6) is 0 Å². The Hall–Kier alpha value is -0.990. The summed E-state index contributed by atoms with van der Waals surface area (Å²) in [7, 11) is -4.37. The molecule has 0 heterocycles. The number of unbranched alkanes of at least 4 members (excludes halogenated alkanes) is 28. The Morgan fingerprint density at radius 3 is 1.20 bits per heavy atom. The molecule has 304 valence electrons. The van der Waals surface area contributed by atoms with E-state index in [4.69, 9.17) is 24.3 Å². The van der Waals surface area contributed by atoms with Crippen molar-refractivity contribution in [2.24, 2.45) is 5.73 Å². The van der Waals surface area contributed by atoms with Crippen LogP contribution in [0.2, 0.25) is 0 Å². The van der Waals surface area contributed by atoms with Gasteiger partial charge >= 0.3 is 19.8 Å². The smallest absolute Gasteiger partial charge is 0.462 e. The number of nitrogens with two attached hydrogens (primary N) is 1. The summed E-state index contributed by atoms with van der Waals surface area (Å²) >= 11 is 0. The first-order valence-electron chi connectivity index (χ1n) is 21.5. The molecule has 3 N–H and O–H groups in total. The number of carbonyl (C=O) groups is 2. The van der Waals surface area contributed by atoms with Gasteiger partial charge in [0.1, 0.15) is 6.61 Å². The second-order valence-corrected chi connectivity index (χ2v) is 16.0. The quantitative estimate of drug-likeness (QED) is 0.0356.